The first-order valence-electron chi connectivity index (χ1n) is 8.07. The van der Waals surface area contributed by atoms with Crippen molar-refractivity contribution in [3.63, 3.8) is 0 Å². The summed E-state index contributed by atoms with van der Waals surface area (Å²) in [5.74, 6) is -0.296. The average molecular weight is 375 g/mol. The number of benzene rings is 1. The van der Waals surface area contributed by atoms with Crippen LogP contribution in [0, 0.1) is 0 Å². The summed E-state index contributed by atoms with van der Waals surface area (Å²) < 4.78 is 0.749. The highest BCUT2D eigenvalue weighted by Crippen LogP contribution is 2.35. The second kappa shape index (κ2) is 6.64. The van der Waals surface area contributed by atoms with Crippen LogP contribution in [0.25, 0.3) is 0 Å². The van der Waals surface area contributed by atoms with E-state index < -0.39 is 0 Å². The fraction of sp³-hybridized carbons (Fsp3) is 0.375. The summed E-state index contributed by atoms with van der Waals surface area (Å²) in [5.41, 5.74) is 1.39. The zero-order chi connectivity index (χ0) is 17.4. The van der Waals surface area contributed by atoms with Gasteiger partial charge in [0.25, 0.3) is 0 Å². The van der Waals surface area contributed by atoms with Crippen molar-refractivity contribution in [3.8, 4) is 0 Å². The third-order valence-electron chi connectivity index (χ3n) is 3.97. The fourth-order valence-electron chi connectivity index (χ4n) is 2.57. The highest BCUT2D eigenvalue weighted by atomic mass is 32.2. The Morgan fingerprint density at radius 1 is 1.40 bits per heavy atom. The molecular formula is C16H17N5O2S2. The van der Waals surface area contributed by atoms with Gasteiger partial charge in [-0.3, -0.25) is 14.5 Å². The van der Waals surface area contributed by atoms with E-state index in [0.29, 0.717) is 11.7 Å². The van der Waals surface area contributed by atoms with Crippen molar-refractivity contribution in [1.82, 2.24) is 10.2 Å². The largest absolute Gasteiger partial charge is 0.357 e. The molecule has 2 heterocycles. The molecule has 9 heteroatoms. The van der Waals surface area contributed by atoms with Crippen LogP contribution in [0.1, 0.15) is 19.8 Å². The number of fused-ring (bicyclic) bond motifs is 1. The molecule has 1 saturated carbocycles. The standard InChI is InChI=1S/C16H17N5O2S2/c1-9(24-16-20-19-15(25-16)17-10-6-7-10)14(23)21-8-13(22)18-11-4-2-3-5-12(11)21/h2-5,9-10H,6-8H2,1H3,(H,17,19)(H,18,22)/t9-/m0/s1. The molecule has 2 amide bonds. The lowest BCUT2D eigenvalue weighted by atomic mass is 10.2. The number of hydrogen-bond acceptors (Lipinski definition) is 7. The smallest absolute Gasteiger partial charge is 0.244 e. The molecule has 1 aliphatic heterocycles. The summed E-state index contributed by atoms with van der Waals surface area (Å²) in [6.07, 6.45) is 2.35. The monoisotopic (exact) mass is 375 g/mol. The Hall–Kier alpha value is -2.13. The molecule has 0 radical (unpaired) electrons. The number of thioether (sulfide) groups is 1. The van der Waals surface area contributed by atoms with Gasteiger partial charge in [-0.2, -0.15) is 0 Å². The number of anilines is 3. The minimum Gasteiger partial charge on any atom is -0.357 e. The van der Waals surface area contributed by atoms with Gasteiger partial charge >= 0.3 is 0 Å². The molecule has 1 fully saturated rings. The molecule has 2 aliphatic rings. The van der Waals surface area contributed by atoms with Crippen molar-refractivity contribution in [1.29, 1.82) is 0 Å². The molecule has 25 heavy (non-hydrogen) atoms. The van der Waals surface area contributed by atoms with Gasteiger partial charge in [-0.1, -0.05) is 35.2 Å². The van der Waals surface area contributed by atoms with Crippen molar-refractivity contribution in [3.05, 3.63) is 24.3 Å². The van der Waals surface area contributed by atoms with E-state index in [1.807, 2.05) is 25.1 Å². The van der Waals surface area contributed by atoms with E-state index in [9.17, 15) is 9.59 Å². The van der Waals surface area contributed by atoms with Crippen LogP contribution in [0.15, 0.2) is 28.6 Å². The Labute approximate surface area is 153 Å². The van der Waals surface area contributed by atoms with Crippen LogP contribution in [0.3, 0.4) is 0 Å². The molecule has 0 bridgehead atoms. The van der Waals surface area contributed by atoms with Crippen LogP contribution in [-0.4, -0.2) is 39.8 Å². The second-order valence-electron chi connectivity index (χ2n) is 6.04. The zero-order valence-electron chi connectivity index (χ0n) is 13.6. The SMILES string of the molecule is C[C@H](Sc1nnc(NC2CC2)s1)C(=O)N1CC(=O)Nc2ccccc21. The van der Waals surface area contributed by atoms with E-state index in [4.69, 9.17) is 0 Å². The van der Waals surface area contributed by atoms with Gasteiger partial charge in [0.2, 0.25) is 16.9 Å². The van der Waals surface area contributed by atoms with E-state index in [-0.39, 0.29) is 23.6 Å². The average Bonchev–Trinajstić information content (AvgIpc) is 3.31. The lowest BCUT2D eigenvalue weighted by molar-refractivity contribution is -0.121. The lowest BCUT2D eigenvalue weighted by Crippen LogP contribution is -2.45. The van der Waals surface area contributed by atoms with Gasteiger partial charge in [0.15, 0.2) is 4.34 Å². The van der Waals surface area contributed by atoms with Crippen molar-refractivity contribution < 1.29 is 9.59 Å². The van der Waals surface area contributed by atoms with Crippen molar-refractivity contribution >= 4 is 51.4 Å². The van der Waals surface area contributed by atoms with Gasteiger partial charge in [0.05, 0.1) is 16.6 Å². The van der Waals surface area contributed by atoms with Crippen LogP contribution in [0.2, 0.25) is 0 Å². The van der Waals surface area contributed by atoms with Gasteiger partial charge in [0.1, 0.15) is 6.54 Å². The van der Waals surface area contributed by atoms with Gasteiger partial charge in [0, 0.05) is 6.04 Å². The van der Waals surface area contributed by atoms with Gasteiger partial charge in [-0.15, -0.1) is 10.2 Å². The summed E-state index contributed by atoms with van der Waals surface area (Å²) >= 11 is 2.83. The van der Waals surface area contributed by atoms with E-state index >= 15 is 0 Å². The van der Waals surface area contributed by atoms with Crippen LogP contribution >= 0.6 is 23.1 Å². The maximum absolute atomic E-state index is 12.9. The van der Waals surface area contributed by atoms with E-state index in [1.165, 1.54) is 40.8 Å². The predicted octanol–water partition coefficient (Wildman–Crippen LogP) is 2.58. The van der Waals surface area contributed by atoms with Crippen LogP contribution < -0.4 is 15.5 Å². The number of hydrogen-bond donors (Lipinski definition) is 2. The van der Waals surface area contributed by atoms with E-state index in [1.54, 1.807) is 6.07 Å². The zero-order valence-corrected chi connectivity index (χ0v) is 15.2. The summed E-state index contributed by atoms with van der Waals surface area (Å²) in [4.78, 5) is 26.3. The molecule has 0 spiro atoms. The summed E-state index contributed by atoms with van der Waals surface area (Å²) in [6, 6.07) is 7.85. The minimum absolute atomic E-state index is 0.0331. The van der Waals surface area contributed by atoms with Crippen LogP contribution in [-0.2, 0) is 9.59 Å². The molecular weight excluding hydrogens is 358 g/mol. The first kappa shape index (κ1) is 16.3. The number of aromatic nitrogens is 2. The Kier molecular flexibility index (Phi) is 4.34. The molecule has 1 aromatic heterocycles. The van der Waals surface area contributed by atoms with E-state index in [2.05, 4.69) is 20.8 Å². The molecule has 130 valence electrons. The Morgan fingerprint density at radius 3 is 3.00 bits per heavy atom. The highest BCUT2D eigenvalue weighted by Gasteiger charge is 2.30. The first-order valence-corrected chi connectivity index (χ1v) is 9.77. The molecule has 2 aromatic rings. The number of para-hydroxylation sites is 2. The summed E-state index contributed by atoms with van der Waals surface area (Å²) in [6.45, 7) is 1.86. The molecule has 1 aliphatic carbocycles. The number of carbonyl (C=O) groups excluding carboxylic acids is 2. The molecule has 2 N–H and O–H groups in total. The summed E-state index contributed by atoms with van der Waals surface area (Å²) in [5, 5.41) is 14.8. The molecule has 0 saturated heterocycles. The molecule has 1 aromatic carbocycles. The van der Waals surface area contributed by atoms with Gasteiger partial charge in [-0.25, -0.2) is 0 Å². The topological polar surface area (TPSA) is 87.2 Å². The van der Waals surface area contributed by atoms with Crippen LogP contribution in [0.5, 0.6) is 0 Å². The summed E-state index contributed by atoms with van der Waals surface area (Å²) in [7, 11) is 0. The second-order valence-corrected chi connectivity index (χ2v) is 8.61. The highest BCUT2D eigenvalue weighted by molar-refractivity contribution is 8.02. The maximum Gasteiger partial charge on any atom is 0.244 e. The Morgan fingerprint density at radius 2 is 2.20 bits per heavy atom. The number of carbonyl (C=O) groups is 2. The normalized spacial score (nSPS) is 17.6. The molecule has 7 nitrogen and oxygen atoms in total. The number of nitrogens with zero attached hydrogens (tertiary/aromatic N) is 3. The van der Waals surface area contributed by atoms with Crippen molar-refractivity contribution in [2.45, 2.75) is 35.4 Å². The van der Waals surface area contributed by atoms with Crippen LogP contribution in [0.4, 0.5) is 16.5 Å². The Bertz CT molecular complexity index is 820. The predicted molar refractivity (Wildman–Crippen MR) is 99.3 cm³/mol. The lowest BCUT2D eigenvalue weighted by Gasteiger charge is -2.30. The van der Waals surface area contributed by atoms with E-state index in [0.717, 1.165) is 15.2 Å². The minimum atomic E-state index is -0.360. The molecule has 4 rings (SSSR count). The Balaban J connectivity index is 1.46. The third kappa shape index (κ3) is 3.62. The molecule has 1 atom stereocenters. The van der Waals surface area contributed by atoms with Crippen molar-refractivity contribution in [2.75, 3.05) is 22.1 Å². The molecule has 0 unspecified atom stereocenters. The number of rotatable bonds is 5. The quantitative estimate of drug-likeness (QED) is 0.781. The fourth-order valence-corrected chi connectivity index (χ4v) is 4.60. The number of nitrogens with one attached hydrogen (secondary N) is 2. The third-order valence-corrected chi connectivity index (χ3v) is 6.00. The maximum atomic E-state index is 12.9. The van der Waals surface area contributed by atoms with Gasteiger partial charge < -0.3 is 10.6 Å². The first-order chi connectivity index (χ1) is 12.1. The van der Waals surface area contributed by atoms with Gasteiger partial charge in [-0.05, 0) is 31.9 Å². The van der Waals surface area contributed by atoms with Crippen molar-refractivity contribution in [2.24, 2.45) is 0 Å². The number of amides is 2.